The molecule has 2 rings (SSSR count). The minimum Gasteiger partial charge on any atom is -0.378 e. The van der Waals surface area contributed by atoms with E-state index in [0.29, 0.717) is 56.3 Å². The maximum Gasteiger partial charge on any atom is 0.254 e. The number of alkyl halides is 1. The summed E-state index contributed by atoms with van der Waals surface area (Å²) in [7, 11) is 0. The normalized spacial score (nSPS) is 14.8. The van der Waals surface area contributed by atoms with Gasteiger partial charge in [-0.05, 0) is 24.6 Å². The van der Waals surface area contributed by atoms with Gasteiger partial charge in [0.1, 0.15) is 0 Å². The average molecular weight is 311 g/mol. The number of anilines is 1. The van der Waals surface area contributed by atoms with Crippen molar-refractivity contribution in [2.45, 2.75) is 12.8 Å². The summed E-state index contributed by atoms with van der Waals surface area (Å²) in [5.74, 6) is 0.338. The Hall–Kier alpha value is -1.59. The van der Waals surface area contributed by atoms with Crippen LogP contribution in [0.2, 0.25) is 0 Å². The molecular weight excluding hydrogens is 292 g/mol. The molecular formula is C15H19ClN2O3. The Morgan fingerprint density at radius 1 is 1.29 bits per heavy atom. The molecule has 0 radical (unpaired) electrons. The number of hydrogen-bond acceptors (Lipinski definition) is 3. The summed E-state index contributed by atoms with van der Waals surface area (Å²) < 4.78 is 5.24. The van der Waals surface area contributed by atoms with Gasteiger partial charge >= 0.3 is 0 Å². The molecule has 0 spiro atoms. The molecule has 1 fully saturated rings. The Balaban J connectivity index is 1.99. The van der Waals surface area contributed by atoms with Gasteiger partial charge in [-0.3, -0.25) is 9.59 Å². The van der Waals surface area contributed by atoms with Crippen LogP contribution in [0.1, 0.15) is 23.2 Å². The molecule has 0 aromatic heterocycles. The molecule has 1 saturated heterocycles. The fraction of sp³-hybridized carbons (Fsp3) is 0.467. The van der Waals surface area contributed by atoms with Crippen LogP contribution in [-0.4, -0.2) is 48.9 Å². The molecule has 0 atom stereocenters. The molecule has 0 saturated carbocycles. The number of carbonyl (C=O) groups excluding carboxylic acids is 2. The summed E-state index contributed by atoms with van der Waals surface area (Å²) in [6.45, 7) is 2.34. The number of carbonyl (C=O) groups is 2. The molecule has 114 valence electrons. The third-order valence-electron chi connectivity index (χ3n) is 3.23. The third kappa shape index (κ3) is 4.72. The topological polar surface area (TPSA) is 58.6 Å². The molecule has 21 heavy (non-hydrogen) atoms. The van der Waals surface area contributed by atoms with Crippen molar-refractivity contribution >= 4 is 29.1 Å². The molecule has 2 amide bonds. The lowest BCUT2D eigenvalue weighted by atomic mass is 10.1. The van der Waals surface area contributed by atoms with E-state index in [9.17, 15) is 9.59 Å². The fourth-order valence-electron chi connectivity index (χ4n) is 2.13. The summed E-state index contributed by atoms with van der Waals surface area (Å²) >= 11 is 5.56. The molecule has 1 heterocycles. The molecule has 1 aromatic carbocycles. The predicted octanol–water partition coefficient (Wildman–Crippen LogP) is 2.12. The summed E-state index contributed by atoms with van der Waals surface area (Å²) in [4.78, 5) is 25.8. The Morgan fingerprint density at radius 3 is 2.76 bits per heavy atom. The van der Waals surface area contributed by atoms with E-state index in [1.54, 1.807) is 29.2 Å². The number of amides is 2. The summed E-state index contributed by atoms with van der Waals surface area (Å²) in [6.07, 6.45) is 1.02. The number of halogens is 1. The SMILES string of the molecule is O=C(CCCCl)Nc1cccc(C(=O)N2CCOCC2)c1. The summed E-state index contributed by atoms with van der Waals surface area (Å²) in [5, 5.41) is 2.78. The third-order valence-corrected chi connectivity index (χ3v) is 3.50. The van der Waals surface area contributed by atoms with Gasteiger partial charge < -0.3 is 15.0 Å². The van der Waals surface area contributed by atoms with Crippen molar-refractivity contribution in [3.63, 3.8) is 0 Å². The first-order chi connectivity index (χ1) is 10.2. The maximum atomic E-state index is 12.3. The lowest BCUT2D eigenvalue weighted by molar-refractivity contribution is -0.116. The first-order valence-corrected chi connectivity index (χ1v) is 7.57. The lowest BCUT2D eigenvalue weighted by Crippen LogP contribution is -2.40. The van der Waals surface area contributed by atoms with Crippen molar-refractivity contribution in [1.29, 1.82) is 0 Å². The molecule has 0 bridgehead atoms. The second kappa shape index (κ2) is 8.00. The molecule has 1 N–H and O–H groups in total. The number of benzene rings is 1. The van der Waals surface area contributed by atoms with Crippen molar-refractivity contribution in [3.8, 4) is 0 Å². The maximum absolute atomic E-state index is 12.3. The van der Waals surface area contributed by atoms with E-state index in [1.165, 1.54) is 0 Å². The van der Waals surface area contributed by atoms with Gasteiger partial charge in [0.25, 0.3) is 5.91 Å². The average Bonchev–Trinajstić information content (AvgIpc) is 2.53. The van der Waals surface area contributed by atoms with Crippen molar-refractivity contribution in [2.24, 2.45) is 0 Å². The number of rotatable bonds is 5. The Morgan fingerprint density at radius 2 is 2.05 bits per heavy atom. The molecule has 0 aliphatic carbocycles. The van der Waals surface area contributed by atoms with Crippen LogP contribution in [0.4, 0.5) is 5.69 Å². The van der Waals surface area contributed by atoms with E-state index in [-0.39, 0.29) is 11.8 Å². The van der Waals surface area contributed by atoms with Crippen molar-refractivity contribution in [1.82, 2.24) is 4.90 Å². The first-order valence-electron chi connectivity index (χ1n) is 7.03. The van der Waals surface area contributed by atoms with Gasteiger partial charge in [0, 0.05) is 36.6 Å². The highest BCUT2D eigenvalue weighted by molar-refractivity contribution is 6.18. The number of nitrogens with one attached hydrogen (secondary N) is 1. The highest BCUT2D eigenvalue weighted by atomic mass is 35.5. The number of ether oxygens (including phenoxy) is 1. The van der Waals surface area contributed by atoms with E-state index in [0.717, 1.165) is 0 Å². The zero-order valence-electron chi connectivity index (χ0n) is 11.8. The molecule has 5 nitrogen and oxygen atoms in total. The van der Waals surface area contributed by atoms with Crippen LogP contribution in [0.15, 0.2) is 24.3 Å². The van der Waals surface area contributed by atoms with Gasteiger partial charge in [-0.15, -0.1) is 11.6 Å². The molecule has 1 aliphatic heterocycles. The zero-order chi connectivity index (χ0) is 15.1. The second-order valence-corrected chi connectivity index (χ2v) is 5.20. The number of hydrogen-bond donors (Lipinski definition) is 1. The van der Waals surface area contributed by atoms with Gasteiger partial charge in [0.2, 0.25) is 5.91 Å². The molecule has 6 heteroatoms. The van der Waals surface area contributed by atoms with Gasteiger partial charge in [0.15, 0.2) is 0 Å². The standard InChI is InChI=1S/C15H19ClN2O3/c16-6-2-5-14(19)17-13-4-1-3-12(11-13)15(20)18-7-9-21-10-8-18/h1,3-4,11H,2,5-10H2,(H,17,19). The van der Waals surface area contributed by atoms with Crippen LogP contribution in [-0.2, 0) is 9.53 Å². The van der Waals surface area contributed by atoms with Gasteiger partial charge in [-0.25, -0.2) is 0 Å². The number of nitrogens with zero attached hydrogens (tertiary/aromatic N) is 1. The van der Waals surface area contributed by atoms with Gasteiger partial charge in [0.05, 0.1) is 13.2 Å². The van der Waals surface area contributed by atoms with Gasteiger partial charge in [-0.2, -0.15) is 0 Å². The molecule has 1 aromatic rings. The fourth-order valence-corrected chi connectivity index (χ4v) is 2.26. The quantitative estimate of drug-likeness (QED) is 0.848. The van der Waals surface area contributed by atoms with Gasteiger partial charge in [-0.1, -0.05) is 6.07 Å². The van der Waals surface area contributed by atoms with E-state index in [2.05, 4.69) is 5.32 Å². The van der Waals surface area contributed by atoms with Crippen LogP contribution in [0.3, 0.4) is 0 Å². The lowest BCUT2D eigenvalue weighted by Gasteiger charge is -2.27. The minimum atomic E-state index is -0.0911. The predicted molar refractivity (Wildman–Crippen MR) is 81.7 cm³/mol. The van der Waals surface area contributed by atoms with E-state index >= 15 is 0 Å². The summed E-state index contributed by atoms with van der Waals surface area (Å²) in [5.41, 5.74) is 1.21. The second-order valence-electron chi connectivity index (χ2n) is 4.83. The Kier molecular flexibility index (Phi) is 6.02. The van der Waals surface area contributed by atoms with E-state index in [4.69, 9.17) is 16.3 Å². The van der Waals surface area contributed by atoms with Crippen LogP contribution in [0.5, 0.6) is 0 Å². The molecule has 1 aliphatic rings. The van der Waals surface area contributed by atoms with Crippen LogP contribution >= 0.6 is 11.6 Å². The van der Waals surface area contributed by atoms with Crippen LogP contribution in [0, 0.1) is 0 Å². The molecule has 0 unspecified atom stereocenters. The van der Waals surface area contributed by atoms with E-state index in [1.807, 2.05) is 0 Å². The number of morpholine rings is 1. The first kappa shape index (κ1) is 15.8. The smallest absolute Gasteiger partial charge is 0.254 e. The monoisotopic (exact) mass is 310 g/mol. The highest BCUT2D eigenvalue weighted by Gasteiger charge is 2.18. The van der Waals surface area contributed by atoms with Crippen molar-refractivity contribution < 1.29 is 14.3 Å². The van der Waals surface area contributed by atoms with Crippen LogP contribution < -0.4 is 5.32 Å². The van der Waals surface area contributed by atoms with E-state index < -0.39 is 0 Å². The largest absolute Gasteiger partial charge is 0.378 e. The minimum absolute atomic E-state index is 0.0323. The zero-order valence-corrected chi connectivity index (χ0v) is 12.6. The van der Waals surface area contributed by atoms with Crippen molar-refractivity contribution in [3.05, 3.63) is 29.8 Å². The Bertz CT molecular complexity index is 501. The van der Waals surface area contributed by atoms with Crippen LogP contribution in [0.25, 0.3) is 0 Å². The van der Waals surface area contributed by atoms with Crippen molar-refractivity contribution in [2.75, 3.05) is 37.5 Å². The summed E-state index contributed by atoms with van der Waals surface area (Å²) in [6, 6.07) is 7.00. The highest BCUT2D eigenvalue weighted by Crippen LogP contribution is 2.14. The Labute approximate surface area is 129 Å².